The Bertz CT molecular complexity index is 272. The zero-order chi connectivity index (χ0) is 11.4. The number of likely N-dealkylation sites (N-methyl/N-ethyl adjacent to an activating group) is 1. The molecule has 14 heavy (non-hydrogen) atoms. The molecule has 0 unspecified atom stereocenters. The monoisotopic (exact) mass is 205 g/mol. The van der Waals surface area contributed by atoms with E-state index in [0.717, 1.165) is 6.08 Å². The molecule has 1 N–H and O–H groups in total. The molecule has 0 aromatic rings. The third kappa shape index (κ3) is 3.68. The van der Waals surface area contributed by atoms with Gasteiger partial charge in [0, 0.05) is 18.3 Å². The number of hydrogen-bond acceptors (Lipinski definition) is 1. The van der Waals surface area contributed by atoms with Gasteiger partial charge in [-0.05, 0) is 25.5 Å². The Balaban J connectivity index is 4.78. The van der Waals surface area contributed by atoms with Crippen molar-refractivity contribution in [3.63, 3.8) is 0 Å². The topological polar surface area (TPSA) is 12.0 Å². The summed E-state index contributed by atoms with van der Waals surface area (Å²) < 4.78 is 36.3. The van der Waals surface area contributed by atoms with E-state index in [0.29, 0.717) is 11.3 Å². The molecule has 0 saturated carbocycles. The van der Waals surface area contributed by atoms with E-state index in [1.807, 2.05) is 0 Å². The Labute approximate surface area is 82.0 Å². The first-order valence-corrected chi connectivity index (χ1v) is 4.11. The lowest BCUT2D eigenvalue weighted by atomic mass is 10.1. The average molecular weight is 205 g/mol. The number of nitrogens with one attached hydrogen (secondary N) is 1. The molecule has 0 saturated heterocycles. The molecule has 0 fully saturated rings. The standard InChI is InChI=1S/C10H14F3N/c1-5-9(14-4)7(2)6-8(3)10(11,12)13/h5-6,14H,3H2,1-2,4H3/b7-6-,9-5+. The van der Waals surface area contributed by atoms with E-state index >= 15 is 0 Å². The van der Waals surface area contributed by atoms with Crippen LogP contribution in [0.2, 0.25) is 0 Å². The van der Waals surface area contributed by atoms with E-state index in [-0.39, 0.29) is 0 Å². The van der Waals surface area contributed by atoms with Crippen LogP contribution in [-0.2, 0) is 0 Å². The van der Waals surface area contributed by atoms with Crippen LogP contribution in [0.15, 0.2) is 35.6 Å². The van der Waals surface area contributed by atoms with E-state index in [2.05, 4.69) is 11.9 Å². The number of halogens is 3. The maximum atomic E-state index is 12.1. The van der Waals surface area contributed by atoms with Gasteiger partial charge in [-0.3, -0.25) is 0 Å². The molecule has 0 aliphatic carbocycles. The van der Waals surface area contributed by atoms with Crippen LogP contribution in [0.3, 0.4) is 0 Å². The van der Waals surface area contributed by atoms with Gasteiger partial charge in [0.05, 0.1) is 0 Å². The van der Waals surface area contributed by atoms with Crippen molar-refractivity contribution in [2.24, 2.45) is 0 Å². The highest BCUT2D eigenvalue weighted by molar-refractivity contribution is 5.35. The molecule has 0 rings (SSSR count). The van der Waals surface area contributed by atoms with Crippen LogP contribution in [-0.4, -0.2) is 13.2 Å². The quantitative estimate of drug-likeness (QED) is 0.698. The maximum absolute atomic E-state index is 12.1. The molecule has 0 heterocycles. The Morgan fingerprint density at radius 1 is 1.36 bits per heavy atom. The summed E-state index contributed by atoms with van der Waals surface area (Å²) in [5.74, 6) is 0. The predicted molar refractivity (Wildman–Crippen MR) is 51.8 cm³/mol. The second kappa shape index (κ2) is 4.88. The molecule has 0 aromatic carbocycles. The van der Waals surface area contributed by atoms with Crippen molar-refractivity contribution in [1.29, 1.82) is 0 Å². The Morgan fingerprint density at radius 2 is 1.86 bits per heavy atom. The van der Waals surface area contributed by atoms with Gasteiger partial charge in [-0.2, -0.15) is 13.2 Å². The Morgan fingerprint density at radius 3 is 2.14 bits per heavy atom. The molecule has 0 aromatic heterocycles. The van der Waals surface area contributed by atoms with Crippen molar-refractivity contribution in [3.05, 3.63) is 35.6 Å². The summed E-state index contributed by atoms with van der Waals surface area (Å²) in [7, 11) is 1.66. The Hall–Kier alpha value is -1.19. The van der Waals surface area contributed by atoms with Gasteiger partial charge >= 0.3 is 6.18 Å². The highest BCUT2D eigenvalue weighted by Gasteiger charge is 2.30. The number of rotatable bonds is 3. The highest BCUT2D eigenvalue weighted by Crippen LogP contribution is 2.26. The lowest BCUT2D eigenvalue weighted by Crippen LogP contribution is -2.11. The minimum Gasteiger partial charge on any atom is -0.388 e. The van der Waals surface area contributed by atoms with Crippen LogP contribution in [0.1, 0.15) is 13.8 Å². The zero-order valence-corrected chi connectivity index (χ0v) is 8.50. The van der Waals surface area contributed by atoms with Crippen molar-refractivity contribution < 1.29 is 13.2 Å². The van der Waals surface area contributed by atoms with Crippen molar-refractivity contribution in [3.8, 4) is 0 Å². The zero-order valence-electron chi connectivity index (χ0n) is 8.50. The normalized spacial score (nSPS) is 14.1. The first-order chi connectivity index (χ1) is 6.32. The molecular formula is C10H14F3N. The summed E-state index contributed by atoms with van der Waals surface area (Å²) >= 11 is 0. The van der Waals surface area contributed by atoms with Crippen molar-refractivity contribution in [2.75, 3.05) is 7.05 Å². The van der Waals surface area contributed by atoms with Crippen LogP contribution in [0.4, 0.5) is 13.2 Å². The summed E-state index contributed by atoms with van der Waals surface area (Å²) in [5, 5.41) is 2.79. The predicted octanol–water partition coefficient (Wildman–Crippen LogP) is 3.17. The maximum Gasteiger partial charge on any atom is 0.415 e. The second-order valence-corrected chi connectivity index (χ2v) is 2.80. The summed E-state index contributed by atoms with van der Waals surface area (Å²) in [5.41, 5.74) is 0.331. The third-order valence-corrected chi connectivity index (χ3v) is 1.74. The lowest BCUT2D eigenvalue weighted by Gasteiger charge is -2.09. The van der Waals surface area contributed by atoms with Gasteiger partial charge in [-0.1, -0.05) is 12.7 Å². The largest absolute Gasteiger partial charge is 0.415 e. The van der Waals surface area contributed by atoms with Crippen LogP contribution in [0.5, 0.6) is 0 Å². The fourth-order valence-electron chi connectivity index (χ4n) is 0.990. The van der Waals surface area contributed by atoms with E-state index < -0.39 is 11.7 Å². The number of hydrogen-bond donors (Lipinski definition) is 1. The van der Waals surface area contributed by atoms with Gasteiger partial charge in [-0.15, -0.1) is 0 Å². The molecule has 80 valence electrons. The first-order valence-electron chi connectivity index (χ1n) is 4.11. The number of alkyl halides is 3. The smallest absolute Gasteiger partial charge is 0.388 e. The lowest BCUT2D eigenvalue weighted by molar-refractivity contribution is -0.0878. The average Bonchev–Trinajstić information content (AvgIpc) is 2.04. The molecule has 4 heteroatoms. The van der Waals surface area contributed by atoms with Crippen LogP contribution in [0, 0.1) is 0 Å². The fraction of sp³-hybridized carbons (Fsp3) is 0.400. The molecule has 0 aliphatic heterocycles. The summed E-state index contributed by atoms with van der Waals surface area (Å²) in [6.07, 6.45) is -1.63. The third-order valence-electron chi connectivity index (χ3n) is 1.74. The molecule has 0 spiro atoms. The fourth-order valence-corrected chi connectivity index (χ4v) is 0.990. The van der Waals surface area contributed by atoms with Crippen LogP contribution in [0.25, 0.3) is 0 Å². The van der Waals surface area contributed by atoms with E-state index in [1.54, 1.807) is 27.0 Å². The number of allylic oxidation sites excluding steroid dienone is 4. The van der Waals surface area contributed by atoms with E-state index in [9.17, 15) is 13.2 Å². The minimum absolute atomic E-state index is 0.511. The molecule has 0 bridgehead atoms. The van der Waals surface area contributed by atoms with Gasteiger partial charge in [-0.25, -0.2) is 0 Å². The van der Waals surface area contributed by atoms with Gasteiger partial charge in [0.15, 0.2) is 0 Å². The Kier molecular flexibility index (Phi) is 4.47. The SMILES string of the molecule is C=C(/C=C(C)\C(=C/C)NC)C(F)(F)F. The van der Waals surface area contributed by atoms with Crippen molar-refractivity contribution in [1.82, 2.24) is 5.32 Å². The first kappa shape index (κ1) is 12.8. The van der Waals surface area contributed by atoms with Crippen molar-refractivity contribution >= 4 is 0 Å². The highest BCUT2D eigenvalue weighted by atomic mass is 19.4. The minimum atomic E-state index is -4.35. The molecule has 0 aliphatic rings. The summed E-state index contributed by atoms with van der Waals surface area (Å²) in [6.45, 7) is 6.31. The van der Waals surface area contributed by atoms with E-state index in [1.165, 1.54) is 0 Å². The van der Waals surface area contributed by atoms with Crippen LogP contribution < -0.4 is 5.32 Å². The van der Waals surface area contributed by atoms with Crippen LogP contribution >= 0.6 is 0 Å². The summed E-state index contributed by atoms with van der Waals surface area (Å²) in [6, 6.07) is 0. The summed E-state index contributed by atoms with van der Waals surface area (Å²) in [4.78, 5) is 0. The van der Waals surface area contributed by atoms with Gasteiger partial charge in [0.25, 0.3) is 0 Å². The molecule has 1 nitrogen and oxygen atoms in total. The van der Waals surface area contributed by atoms with Gasteiger partial charge < -0.3 is 5.32 Å². The van der Waals surface area contributed by atoms with E-state index in [4.69, 9.17) is 0 Å². The second-order valence-electron chi connectivity index (χ2n) is 2.80. The molecular weight excluding hydrogens is 191 g/mol. The van der Waals surface area contributed by atoms with Gasteiger partial charge in [0.2, 0.25) is 0 Å². The molecule has 0 atom stereocenters. The van der Waals surface area contributed by atoms with Crippen molar-refractivity contribution in [2.45, 2.75) is 20.0 Å². The van der Waals surface area contributed by atoms with Gasteiger partial charge in [0.1, 0.15) is 0 Å². The molecule has 0 amide bonds. The molecule has 0 radical (unpaired) electrons.